The van der Waals surface area contributed by atoms with Gasteiger partial charge in [0.15, 0.2) is 0 Å². The van der Waals surface area contributed by atoms with Gasteiger partial charge in [-0.05, 0) is 35.7 Å². The fraction of sp³-hybridized carbons (Fsp3) is 0.208. The zero-order valence-corrected chi connectivity index (χ0v) is 15.9. The lowest BCUT2D eigenvalue weighted by Gasteiger charge is -2.25. The first-order valence-electron chi connectivity index (χ1n) is 9.56. The van der Waals surface area contributed by atoms with Crippen molar-refractivity contribution in [2.45, 2.75) is 19.4 Å². The van der Waals surface area contributed by atoms with Crippen LogP contribution in [0.25, 0.3) is 0 Å². The number of halogens is 1. The molecule has 1 amide bonds. The number of rotatable bonds is 9. The number of hydrogen-bond donors (Lipinski definition) is 1. The molecule has 1 N–H and O–H groups in total. The predicted molar refractivity (Wildman–Crippen MR) is 112 cm³/mol. The SMILES string of the molecule is O=C(CCN(Cc1ccccc1)c1ccccc1)NCCc1ccccc1F. The van der Waals surface area contributed by atoms with E-state index in [0.29, 0.717) is 31.5 Å². The van der Waals surface area contributed by atoms with Gasteiger partial charge in [0, 0.05) is 31.7 Å². The number of nitrogens with one attached hydrogen (secondary N) is 1. The van der Waals surface area contributed by atoms with Crippen LogP contribution in [0.2, 0.25) is 0 Å². The standard InChI is InChI=1S/C24H25FN2O/c25-23-14-8-7-11-21(23)15-17-26-24(28)16-18-27(22-12-5-2-6-13-22)19-20-9-3-1-4-10-20/h1-14H,15-19H2,(H,26,28). The molecule has 0 saturated carbocycles. The van der Waals surface area contributed by atoms with Crippen molar-refractivity contribution in [3.63, 3.8) is 0 Å². The molecule has 0 spiro atoms. The second-order valence-corrected chi connectivity index (χ2v) is 6.68. The molecule has 0 aliphatic carbocycles. The molecule has 0 aromatic heterocycles. The molecule has 28 heavy (non-hydrogen) atoms. The van der Waals surface area contributed by atoms with Crippen molar-refractivity contribution in [3.8, 4) is 0 Å². The van der Waals surface area contributed by atoms with Gasteiger partial charge >= 0.3 is 0 Å². The lowest BCUT2D eigenvalue weighted by atomic mass is 10.1. The van der Waals surface area contributed by atoms with E-state index in [1.165, 1.54) is 11.6 Å². The molecule has 144 valence electrons. The Morgan fingerprint density at radius 3 is 2.21 bits per heavy atom. The number of anilines is 1. The van der Waals surface area contributed by atoms with E-state index in [0.717, 1.165) is 12.2 Å². The van der Waals surface area contributed by atoms with Crippen molar-refractivity contribution >= 4 is 11.6 Å². The first-order chi connectivity index (χ1) is 13.7. The topological polar surface area (TPSA) is 32.3 Å². The van der Waals surface area contributed by atoms with Crippen LogP contribution in [-0.4, -0.2) is 19.0 Å². The molecule has 3 aromatic carbocycles. The number of carbonyl (C=O) groups is 1. The Morgan fingerprint density at radius 2 is 1.50 bits per heavy atom. The van der Waals surface area contributed by atoms with Crippen LogP contribution < -0.4 is 10.2 Å². The fourth-order valence-corrected chi connectivity index (χ4v) is 3.10. The van der Waals surface area contributed by atoms with Crippen LogP contribution in [0.5, 0.6) is 0 Å². The number of hydrogen-bond acceptors (Lipinski definition) is 2. The van der Waals surface area contributed by atoms with E-state index >= 15 is 0 Å². The summed E-state index contributed by atoms with van der Waals surface area (Å²) in [4.78, 5) is 14.5. The first-order valence-corrected chi connectivity index (χ1v) is 9.56. The summed E-state index contributed by atoms with van der Waals surface area (Å²) >= 11 is 0. The lowest BCUT2D eigenvalue weighted by molar-refractivity contribution is -0.120. The molecule has 4 heteroatoms. The third kappa shape index (κ3) is 5.95. The smallest absolute Gasteiger partial charge is 0.221 e. The molecular weight excluding hydrogens is 351 g/mol. The summed E-state index contributed by atoms with van der Waals surface area (Å²) in [6.07, 6.45) is 0.879. The van der Waals surface area contributed by atoms with Gasteiger partial charge in [-0.1, -0.05) is 66.7 Å². The van der Waals surface area contributed by atoms with Crippen LogP contribution in [0.4, 0.5) is 10.1 Å². The second-order valence-electron chi connectivity index (χ2n) is 6.68. The number of benzene rings is 3. The summed E-state index contributed by atoms with van der Waals surface area (Å²) in [5.41, 5.74) is 2.91. The molecule has 0 saturated heterocycles. The normalized spacial score (nSPS) is 10.5. The minimum Gasteiger partial charge on any atom is -0.367 e. The van der Waals surface area contributed by atoms with Crippen LogP contribution >= 0.6 is 0 Å². The van der Waals surface area contributed by atoms with E-state index in [9.17, 15) is 9.18 Å². The van der Waals surface area contributed by atoms with Crippen molar-refractivity contribution in [1.29, 1.82) is 0 Å². The Balaban J connectivity index is 1.52. The average Bonchev–Trinajstić information content (AvgIpc) is 2.74. The van der Waals surface area contributed by atoms with Crippen LogP contribution in [0.15, 0.2) is 84.9 Å². The zero-order valence-electron chi connectivity index (χ0n) is 15.9. The molecular formula is C24H25FN2O. The molecule has 0 aliphatic rings. The van der Waals surface area contributed by atoms with Gasteiger partial charge in [-0.25, -0.2) is 4.39 Å². The number of carbonyl (C=O) groups excluding carboxylic acids is 1. The van der Waals surface area contributed by atoms with Gasteiger partial charge in [0.1, 0.15) is 5.82 Å². The zero-order chi connectivity index (χ0) is 19.6. The molecule has 0 bridgehead atoms. The van der Waals surface area contributed by atoms with Gasteiger partial charge < -0.3 is 10.2 Å². The average molecular weight is 376 g/mol. The molecule has 3 nitrogen and oxygen atoms in total. The highest BCUT2D eigenvalue weighted by molar-refractivity contribution is 5.76. The fourth-order valence-electron chi connectivity index (χ4n) is 3.10. The van der Waals surface area contributed by atoms with E-state index < -0.39 is 0 Å². The molecule has 0 fully saturated rings. The molecule has 0 heterocycles. The maximum Gasteiger partial charge on any atom is 0.221 e. The van der Waals surface area contributed by atoms with E-state index in [1.54, 1.807) is 12.1 Å². The summed E-state index contributed by atoms with van der Waals surface area (Å²) in [7, 11) is 0. The molecule has 0 aliphatic heterocycles. The van der Waals surface area contributed by atoms with Crippen LogP contribution in [0, 0.1) is 5.82 Å². The summed E-state index contributed by atoms with van der Waals surface area (Å²) in [5, 5.41) is 2.90. The predicted octanol–water partition coefficient (Wildman–Crippen LogP) is 4.58. The van der Waals surface area contributed by atoms with Crippen molar-refractivity contribution in [2.24, 2.45) is 0 Å². The molecule has 0 atom stereocenters. The van der Waals surface area contributed by atoms with Crippen molar-refractivity contribution < 1.29 is 9.18 Å². The van der Waals surface area contributed by atoms with Gasteiger partial charge in [0.05, 0.1) is 0 Å². The van der Waals surface area contributed by atoms with Gasteiger partial charge in [0.2, 0.25) is 5.91 Å². The van der Waals surface area contributed by atoms with Crippen LogP contribution in [0.3, 0.4) is 0 Å². The second kappa shape index (κ2) is 10.3. The lowest BCUT2D eigenvalue weighted by Crippen LogP contribution is -2.31. The third-order valence-corrected chi connectivity index (χ3v) is 4.62. The van der Waals surface area contributed by atoms with E-state index in [2.05, 4.69) is 34.5 Å². The van der Waals surface area contributed by atoms with Crippen molar-refractivity contribution in [2.75, 3.05) is 18.0 Å². The molecule has 3 rings (SSSR count). The van der Waals surface area contributed by atoms with E-state index in [-0.39, 0.29) is 11.7 Å². The summed E-state index contributed by atoms with van der Waals surface area (Å²) in [5.74, 6) is -0.250. The summed E-state index contributed by atoms with van der Waals surface area (Å²) in [6.45, 7) is 1.79. The maximum atomic E-state index is 13.6. The Kier molecular flexibility index (Phi) is 7.19. The van der Waals surface area contributed by atoms with Gasteiger partial charge in [-0.15, -0.1) is 0 Å². The Morgan fingerprint density at radius 1 is 0.857 bits per heavy atom. The van der Waals surface area contributed by atoms with Crippen LogP contribution in [-0.2, 0) is 17.8 Å². The highest BCUT2D eigenvalue weighted by Gasteiger charge is 2.10. The molecule has 3 aromatic rings. The highest BCUT2D eigenvalue weighted by Crippen LogP contribution is 2.17. The summed E-state index contributed by atoms with van der Waals surface area (Å²) < 4.78 is 13.6. The van der Waals surface area contributed by atoms with E-state index in [1.807, 2.05) is 42.5 Å². The van der Waals surface area contributed by atoms with E-state index in [4.69, 9.17) is 0 Å². The third-order valence-electron chi connectivity index (χ3n) is 4.62. The largest absolute Gasteiger partial charge is 0.367 e. The quantitative estimate of drug-likeness (QED) is 0.593. The van der Waals surface area contributed by atoms with Gasteiger partial charge in [-0.3, -0.25) is 4.79 Å². The molecule has 0 radical (unpaired) electrons. The molecule has 0 unspecified atom stereocenters. The Bertz CT molecular complexity index is 868. The first kappa shape index (κ1) is 19.6. The monoisotopic (exact) mass is 376 g/mol. The number of amides is 1. The van der Waals surface area contributed by atoms with Gasteiger partial charge in [-0.2, -0.15) is 0 Å². The number of para-hydroxylation sites is 1. The maximum absolute atomic E-state index is 13.6. The Hall–Kier alpha value is -3.14. The van der Waals surface area contributed by atoms with Crippen LogP contribution in [0.1, 0.15) is 17.5 Å². The minimum atomic E-state index is -0.227. The highest BCUT2D eigenvalue weighted by atomic mass is 19.1. The van der Waals surface area contributed by atoms with Crippen molar-refractivity contribution in [1.82, 2.24) is 5.32 Å². The minimum absolute atomic E-state index is 0.0228. The summed E-state index contributed by atoms with van der Waals surface area (Å²) in [6, 6.07) is 27.0. The Labute approximate surface area is 165 Å². The number of nitrogens with zero attached hydrogens (tertiary/aromatic N) is 1. The van der Waals surface area contributed by atoms with Gasteiger partial charge in [0.25, 0.3) is 0 Å². The van der Waals surface area contributed by atoms with Crippen molar-refractivity contribution in [3.05, 3.63) is 102 Å².